The van der Waals surface area contributed by atoms with Gasteiger partial charge in [0, 0.05) is 17.3 Å². The van der Waals surface area contributed by atoms with Crippen molar-refractivity contribution in [3.8, 4) is 22.8 Å². The van der Waals surface area contributed by atoms with Gasteiger partial charge in [0.15, 0.2) is 11.5 Å². The number of carbonyl (C=O) groups excluding carboxylic acids is 1. The van der Waals surface area contributed by atoms with Gasteiger partial charge >= 0.3 is 0 Å². The Morgan fingerprint density at radius 2 is 1.60 bits per heavy atom. The van der Waals surface area contributed by atoms with Gasteiger partial charge in [0.1, 0.15) is 17.2 Å². The number of ether oxygens (including phenoxy) is 2. The Labute approximate surface area is 175 Å². The zero-order valence-electron chi connectivity index (χ0n) is 17.4. The Morgan fingerprint density at radius 1 is 0.900 bits per heavy atom. The standard InChI is InChI=1S/C24H23N3O3/c1-15-5-8-17(9-6-15)24(28)26-23-22(25-21-12-7-16(2)14-27(21)23)18-10-11-19(29-3)20(13-18)30-4/h5-14H,1-4H3,(H,26,28). The van der Waals surface area contributed by atoms with Crippen LogP contribution < -0.4 is 14.8 Å². The number of hydrogen-bond acceptors (Lipinski definition) is 4. The lowest BCUT2D eigenvalue weighted by molar-refractivity contribution is 0.102. The molecule has 0 fully saturated rings. The summed E-state index contributed by atoms with van der Waals surface area (Å²) in [5.41, 5.74) is 4.95. The van der Waals surface area contributed by atoms with Crippen molar-refractivity contribution in [2.45, 2.75) is 13.8 Å². The third-order valence-corrected chi connectivity index (χ3v) is 4.97. The fourth-order valence-corrected chi connectivity index (χ4v) is 3.34. The number of carbonyl (C=O) groups is 1. The van der Waals surface area contributed by atoms with Crippen LogP contribution >= 0.6 is 0 Å². The third-order valence-electron chi connectivity index (χ3n) is 4.97. The minimum atomic E-state index is -0.194. The number of benzene rings is 2. The highest BCUT2D eigenvalue weighted by Crippen LogP contribution is 2.35. The lowest BCUT2D eigenvalue weighted by Crippen LogP contribution is -2.14. The van der Waals surface area contributed by atoms with E-state index in [4.69, 9.17) is 14.5 Å². The van der Waals surface area contributed by atoms with Crippen LogP contribution in [0.1, 0.15) is 21.5 Å². The molecule has 0 spiro atoms. The number of methoxy groups -OCH3 is 2. The number of nitrogens with one attached hydrogen (secondary N) is 1. The van der Waals surface area contributed by atoms with Crippen molar-refractivity contribution in [1.29, 1.82) is 0 Å². The molecule has 0 saturated heterocycles. The lowest BCUT2D eigenvalue weighted by Gasteiger charge is -2.11. The van der Waals surface area contributed by atoms with Crippen molar-refractivity contribution in [2.75, 3.05) is 19.5 Å². The molecular weight excluding hydrogens is 378 g/mol. The summed E-state index contributed by atoms with van der Waals surface area (Å²) in [5, 5.41) is 3.05. The summed E-state index contributed by atoms with van der Waals surface area (Å²) in [4.78, 5) is 17.7. The van der Waals surface area contributed by atoms with Gasteiger partial charge in [0.05, 0.1) is 14.2 Å². The maximum Gasteiger partial charge on any atom is 0.256 e. The van der Waals surface area contributed by atoms with E-state index in [1.807, 2.05) is 79.0 Å². The topological polar surface area (TPSA) is 64.9 Å². The van der Waals surface area contributed by atoms with E-state index in [-0.39, 0.29) is 5.91 Å². The lowest BCUT2D eigenvalue weighted by atomic mass is 10.1. The predicted molar refractivity (Wildman–Crippen MR) is 118 cm³/mol. The molecule has 0 bridgehead atoms. The summed E-state index contributed by atoms with van der Waals surface area (Å²) in [5.74, 6) is 1.64. The number of fused-ring (bicyclic) bond motifs is 1. The smallest absolute Gasteiger partial charge is 0.256 e. The van der Waals surface area contributed by atoms with E-state index in [0.29, 0.717) is 28.6 Å². The van der Waals surface area contributed by atoms with Crippen molar-refractivity contribution in [1.82, 2.24) is 9.38 Å². The first-order valence-electron chi connectivity index (χ1n) is 9.59. The summed E-state index contributed by atoms with van der Waals surface area (Å²) in [7, 11) is 3.19. The Kier molecular flexibility index (Phi) is 5.14. The van der Waals surface area contributed by atoms with Crippen LogP contribution in [-0.2, 0) is 0 Å². The molecule has 2 aromatic heterocycles. The van der Waals surface area contributed by atoms with Crippen molar-refractivity contribution in [3.63, 3.8) is 0 Å². The molecule has 0 saturated carbocycles. The van der Waals surface area contributed by atoms with Crippen molar-refractivity contribution in [3.05, 3.63) is 77.5 Å². The zero-order valence-corrected chi connectivity index (χ0v) is 17.4. The molecule has 1 N–H and O–H groups in total. The highest BCUT2D eigenvalue weighted by atomic mass is 16.5. The molecule has 1 amide bonds. The molecule has 6 heteroatoms. The van der Waals surface area contributed by atoms with Gasteiger partial charge < -0.3 is 14.8 Å². The number of pyridine rings is 1. The quantitative estimate of drug-likeness (QED) is 0.517. The molecule has 0 aliphatic rings. The van der Waals surface area contributed by atoms with Crippen LogP contribution in [0.25, 0.3) is 16.9 Å². The molecule has 6 nitrogen and oxygen atoms in total. The van der Waals surface area contributed by atoms with E-state index in [2.05, 4.69) is 5.32 Å². The van der Waals surface area contributed by atoms with Gasteiger partial charge in [-0.3, -0.25) is 9.20 Å². The first-order valence-corrected chi connectivity index (χ1v) is 9.59. The molecule has 0 radical (unpaired) electrons. The average molecular weight is 401 g/mol. The number of rotatable bonds is 5. The van der Waals surface area contributed by atoms with E-state index < -0.39 is 0 Å². The fraction of sp³-hybridized carbons (Fsp3) is 0.167. The Hall–Kier alpha value is -3.80. The van der Waals surface area contributed by atoms with Crippen molar-refractivity contribution >= 4 is 17.4 Å². The molecule has 4 rings (SSSR count). The first-order chi connectivity index (χ1) is 14.5. The van der Waals surface area contributed by atoms with E-state index >= 15 is 0 Å². The highest BCUT2D eigenvalue weighted by molar-refractivity contribution is 6.05. The van der Waals surface area contributed by atoms with E-state index in [1.54, 1.807) is 14.2 Å². The van der Waals surface area contributed by atoms with Gasteiger partial charge in [-0.05, 0) is 55.8 Å². The minimum Gasteiger partial charge on any atom is -0.493 e. The Morgan fingerprint density at radius 3 is 2.30 bits per heavy atom. The summed E-state index contributed by atoms with van der Waals surface area (Å²) in [6.45, 7) is 3.99. The van der Waals surface area contributed by atoms with Gasteiger partial charge in [-0.15, -0.1) is 0 Å². The predicted octanol–water partition coefficient (Wildman–Crippen LogP) is 4.89. The highest BCUT2D eigenvalue weighted by Gasteiger charge is 2.19. The first kappa shape index (κ1) is 19.5. The van der Waals surface area contributed by atoms with Crippen LogP contribution in [-0.4, -0.2) is 29.5 Å². The number of anilines is 1. The van der Waals surface area contributed by atoms with Gasteiger partial charge in [-0.25, -0.2) is 4.98 Å². The molecule has 0 unspecified atom stereocenters. The monoisotopic (exact) mass is 401 g/mol. The second-order valence-corrected chi connectivity index (χ2v) is 7.13. The summed E-state index contributed by atoms with van der Waals surface area (Å²) in [6, 6.07) is 17.0. The maximum absolute atomic E-state index is 13.0. The van der Waals surface area contributed by atoms with Crippen LogP contribution in [0.4, 0.5) is 5.82 Å². The SMILES string of the molecule is COc1ccc(-c2nc3ccc(C)cn3c2NC(=O)c2ccc(C)cc2)cc1OC. The summed E-state index contributed by atoms with van der Waals surface area (Å²) >= 11 is 0. The minimum absolute atomic E-state index is 0.194. The number of nitrogens with zero attached hydrogens (tertiary/aromatic N) is 2. The van der Waals surface area contributed by atoms with Crippen LogP contribution in [0.15, 0.2) is 60.8 Å². The zero-order chi connectivity index (χ0) is 21.3. The van der Waals surface area contributed by atoms with Gasteiger partial charge in [-0.1, -0.05) is 23.8 Å². The molecule has 0 aliphatic carbocycles. The summed E-state index contributed by atoms with van der Waals surface area (Å²) in [6.07, 6.45) is 1.96. The maximum atomic E-state index is 13.0. The number of aryl methyl sites for hydroxylation is 2. The molecule has 152 valence electrons. The summed E-state index contributed by atoms with van der Waals surface area (Å²) < 4.78 is 12.7. The van der Waals surface area contributed by atoms with Crippen LogP contribution in [0.5, 0.6) is 11.5 Å². The molecule has 2 heterocycles. The number of imidazole rings is 1. The van der Waals surface area contributed by atoms with Gasteiger partial charge in [0.2, 0.25) is 0 Å². The van der Waals surface area contributed by atoms with Crippen LogP contribution in [0, 0.1) is 13.8 Å². The number of aromatic nitrogens is 2. The molecule has 30 heavy (non-hydrogen) atoms. The van der Waals surface area contributed by atoms with E-state index in [9.17, 15) is 4.79 Å². The fourth-order valence-electron chi connectivity index (χ4n) is 3.34. The Balaban J connectivity index is 1.84. The van der Waals surface area contributed by atoms with E-state index in [1.165, 1.54) is 0 Å². The van der Waals surface area contributed by atoms with Crippen LogP contribution in [0.2, 0.25) is 0 Å². The Bertz CT molecular complexity index is 1230. The second-order valence-electron chi connectivity index (χ2n) is 7.13. The second kappa shape index (κ2) is 7.91. The number of amides is 1. The molecule has 0 atom stereocenters. The molecule has 4 aromatic rings. The van der Waals surface area contributed by atoms with Crippen molar-refractivity contribution < 1.29 is 14.3 Å². The normalized spacial score (nSPS) is 10.8. The largest absolute Gasteiger partial charge is 0.493 e. The van der Waals surface area contributed by atoms with Crippen molar-refractivity contribution in [2.24, 2.45) is 0 Å². The average Bonchev–Trinajstić information content (AvgIpc) is 3.11. The van der Waals surface area contributed by atoms with Crippen LogP contribution in [0.3, 0.4) is 0 Å². The van der Waals surface area contributed by atoms with Gasteiger partial charge in [-0.2, -0.15) is 0 Å². The molecule has 0 aliphatic heterocycles. The number of hydrogen-bond donors (Lipinski definition) is 1. The van der Waals surface area contributed by atoms with E-state index in [0.717, 1.165) is 22.3 Å². The molecule has 2 aromatic carbocycles. The third kappa shape index (κ3) is 3.59. The molecular formula is C24H23N3O3. The van der Waals surface area contributed by atoms with Gasteiger partial charge in [0.25, 0.3) is 5.91 Å².